The van der Waals surface area contributed by atoms with Gasteiger partial charge in [0, 0.05) is 24.5 Å². The summed E-state index contributed by atoms with van der Waals surface area (Å²) in [5.74, 6) is 0.0799. The molecule has 2 fully saturated rings. The van der Waals surface area contributed by atoms with Crippen LogP contribution in [0, 0.1) is 18.3 Å². The molecule has 0 aromatic carbocycles. The monoisotopic (exact) mass is 292 g/mol. The second kappa shape index (κ2) is 5.13. The number of carbonyl (C=O) groups is 1. The van der Waals surface area contributed by atoms with Crippen molar-refractivity contribution in [3.05, 3.63) is 17.5 Å². The molecule has 0 N–H and O–H groups in total. The number of hydrogen-bond acceptors (Lipinski definition) is 4. The van der Waals surface area contributed by atoms with E-state index in [4.69, 9.17) is 9.47 Å². The molecule has 1 saturated heterocycles. The largest absolute Gasteiger partial charge is 0.457 e. The van der Waals surface area contributed by atoms with Gasteiger partial charge in [0.25, 0.3) is 0 Å². The highest BCUT2D eigenvalue weighted by Crippen LogP contribution is 2.53. The van der Waals surface area contributed by atoms with Crippen LogP contribution in [0.25, 0.3) is 0 Å². The number of aromatic nitrogens is 2. The van der Waals surface area contributed by atoms with Crippen LogP contribution in [0.1, 0.15) is 49.8 Å². The number of esters is 1. The number of nitrogens with zero attached hydrogens (tertiary/aromatic N) is 2. The smallest absolute Gasteiger partial charge is 0.356 e. The Morgan fingerprint density at radius 1 is 1.57 bits per heavy atom. The molecule has 0 radical (unpaired) electrons. The minimum atomic E-state index is -0.264. The molecule has 0 bridgehead atoms. The van der Waals surface area contributed by atoms with Gasteiger partial charge >= 0.3 is 5.97 Å². The zero-order chi connectivity index (χ0) is 15.2. The van der Waals surface area contributed by atoms with Crippen LogP contribution < -0.4 is 0 Å². The fourth-order valence-electron chi connectivity index (χ4n) is 3.84. The molecule has 116 valence electrons. The second-order valence-corrected chi connectivity index (χ2v) is 6.73. The van der Waals surface area contributed by atoms with Crippen LogP contribution in [0.4, 0.5) is 0 Å². The highest BCUT2D eigenvalue weighted by atomic mass is 16.6. The van der Waals surface area contributed by atoms with Gasteiger partial charge in [0.1, 0.15) is 11.8 Å². The molecule has 2 aliphatic rings. The summed E-state index contributed by atoms with van der Waals surface area (Å²) in [6.45, 7) is 9.61. The van der Waals surface area contributed by atoms with E-state index in [1.807, 2.05) is 13.8 Å². The molecule has 5 nitrogen and oxygen atoms in total. The number of ether oxygens (including phenoxy) is 2. The third kappa shape index (κ3) is 2.27. The van der Waals surface area contributed by atoms with Gasteiger partial charge in [0.2, 0.25) is 0 Å². The van der Waals surface area contributed by atoms with Crippen LogP contribution >= 0.6 is 0 Å². The Hall–Kier alpha value is -1.36. The first-order valence-corrected chi connectivity index (χ1v) is 7.82. The van der Waals surface area contributed by atoms with E-state index in [0.717, 1.165) is 25.1 Å². The van der Waals surface area contributed by atoms with Crippen LogP contribution in [0.2, 0.25) is 0 Å². The molecule has 0 unspecified atom stereocenters. The second-order valence-electron chi connectivity index (χ2n) is 6.73. The summed E-state index contributed by atoms with van der Waals surface area (Å²) in [7, 11) is 0. The van der Waals surface area contributed by atoms with Crippen molar-refractivity contribution in [2.24, 2.45) is 11.3 Å². The normalized spacial score (nSPS) is 30.4. The quantitative estimate of drug-likeness (QED) is 0.804. The zero-order valence-corrected chi connectivity index (χ0v) is 13.3. The fourth-order valence-corrected chi connectivity index (χ4v) is 3.84. The summed E-state index contributed by atoms with van der Waals surface area (Å²) in [5, 5.41) is 4.31. The van der Waals surface area contributed by atoms with Crippen molar-refractivity contribution < 1.29 is 14.3 Å². The predicted octanol–water partition coefficient (Wildman–Crippen LogP) is 2.57. The number of aryl methyl sites for hydroxylation is 2. The lowest BCUT2D eigenvalue weighted by molar-refractivity contribution is -0.243. The predicted molar refractivity (Wildman–Crippen MR) is 78.1 cm³/mol. The molecule has 2 heterocycles. The maximum Gasteiger partial charge on any atom is 0.356 e. The van der Waals surface area contributed by atoms with E-state index in [9.17, 15) is 4.79 Å². The summed E-state index contributed by atoms with van der Waals surface area (Å²) >= 11 is 0. The van der Waals surface area contributed by atoms with Crippen LogP contribution in [0.15, 0.2) is 6.07 Å². The van der Waals surface area contributed by atoms with Gasteiger partial charge in [0.15, 0.2) is 0 Å². The molecular weight excluding hydrogens is 268 g/mol. The number of carbonyl (C=O) groups excluding carboxylic acids is 1. The van der Waals surface area contributed by atoms with Crippen LogP contribution in [0.5, 0.6) is 0 Å². The van der Waals surface area contributed by atoms with E-state index in [2.05, 4.69) is 18.9 Å². The van der Waals surface area contributed by atoms with Gasteiger partial charge in [-0.15, -0.1) is 0 Å². The van der Waals surface area contributed by atoms with E-state index in [-0.39, 0.29) is 23.6 Å². The van der Waals surface area contributed by atoms with Gasteiger partial charge in [-0.25, -0.2) is 4.79 Å². The Kier molecular flexibility index (Phi) is 3.56. The number of rotatable bonds is 3. The Morgan fingerprint density at radius 3 is 3.05 bits per heavy atom. The Morgan fingerprint density at radius 2 is 2.33 bits per heavy atom. The topological polar surface area (TPSA) is 53.4 Å². The first-order valence-electron chi connectivity index (χ1n) is 7.82. The molecule has 0 spiro atoms. The molecule has 5 heteroatoms. The van der Waals surface area contributed by atoms with Gasteiger partial charge in [-0.05, 0) is 32.8 Å². The van der Waals surface area contributed by atoms with Crippen molar-refractivity contribution in [1.29, 1.82) is 0 Å². The fraction of sp³-hybridized carbons (Fsp3) is 0.750. The Bertz CT molecular complexity index is 550. The van der Waals surface area contributed by atoms with E-state index in [1.54, 1.807) is 10.7 Å². The maximum atomic E-state index is 12.5. The lowest BCUT2D eigenvalue weighted by Gasteiger charge is -2.58. The molecule has 1 aliphatic carbocycles. The Labute approximate surface area is 125 Å². The molecule has 21 heavy (non-hydrogen) atoms. The first kappa shape index (κ1) is 14.6. The summed E-state index contributed by atoms with van der Waals surface area (Å²) in [6.07, 6.45) is 2.30. The van der Waals surface area contributed by atoms with Crippen LogP contribution in [-0.2, 0) is 16.0 Å². The average Bonchev–Trinajstić information content (AvgIpc) is 2.85. The van der Waals surface area contributed by atoms with Crippen LogP contribution in [-0.4, -0.2) is 34.6 Å². The van der Waals surface area contributed by atoms with Crippen molar-refractivity contribution in [2.75, 3.05) is 6.61 Å². The third-order valence-electron chi connectivity index (χ3n) is 4.87. The molecule has 3 atom stereocenters. The van der Waals surface area contributed by atoms with Gasteiger partial charge in [0.05, 0.1) is 11.8 Å². The van der Waals surface area contributed by atoms with Crippen molar-refractivity contribution in [3.63, 3.8) is 0 Å². The summed E-state index contributed by atoms with van der Waals surface area (Å²) in [4.78, 5) is 12.5. The molecule has 1 aromatic heterocycles. The minimum Gasteiger partial charge on any atom is -0.457 e. The van der Waals surface area contributed by atoms with E-state index in [1.165, 1.54) is 0 Å². The van der Waals surface area contributed by atoms with E-state index in [0.29, 0.717) is 18.2 Å². The molecule has 0 amide bonds. The maximum absolute atomic E-state index is 12.5. The summed E-state index contributed by atoms with van der Waals surface area (Å²) in [6, 6.07) is 1.80. The molecule has 1 aliphatic heterocycles. The van der Waals surface area contributed by atoms with E-state index >= 15 is 0 Å². The van der Waals surface area contributed by atoms with Gasteiger partial charge in [-0.2, -0.15) is 5.10 Å². The highest BCUT2D eigenvalue weighted by molar-refractivity contribution is 5.88. The van der Waals surface area contributed by atoms with Crippen molar-refractivity contribution >= 4 is 5.97 Å². The third-order valence-corrected chi connectivity index (χ3v) is 4.87. The molecule has 1 aromatic rings. The lowest BCUT2D eigenvalue weighted by atomic mass is 9.57. The first-order chi connectivity index (χ1) is 9.95. The van der Waals surface area contributed by atoms with Crippen LogP contribution in [0.3, 0.4) is 0 Å². The minimum absolute atomic E-state index is 0.0594. The van der Waals surface area contributed by atoms with E-state index < -0.39 is 0 Å². The van der Waals surface area contributed by atoms with Crippen molar-refractivity contribution in [3.8, 4) is 0 Å². The molecule has 3 rings (SSSR count). The molecular formula is C16H24N2O3. The summed E-state index contributed by atoms with van der Waals surface area (Å²) in [5.41, 5.74) is 1.29. The van der Waals surface area contributed by atoms with Gasteiger partial charge in [-0.3, -0.25) is 4.68 Å². The SMILES string of the molecule is CCn1nc(C)cc1C(=O)O[C@@H]1[C@H]2CCCO[C@@H]2C1(C)C. The lowest BCUT2D eigenvalue weighted by Crippen LogP contribution is -2.65. The van der Waals surface area contributed by atoms with Crippen molar-refractivity contribution in [1.82, 2.24) is 9.78 Å². The zero-order valence-electron chi connectivity index (χ0n) is 13.3. The van der Waals surface area contributed by atoms with Crippen molar-refractivity contribution in [2.45, 2.75) is 59.3 Å². The Balaban J connectivity index is 1.75. The van der Waals surface area contributed by atoms with Gasteiger partial charge in [-0.1, -0.05) is 13.8 Å². The average molecular weight is 292 g/mol. The highest BCUT2D eigenvalue weighted by Gasteiger charge is 2.60. The number of hydrogen-bond donors (Lipinski definition) is 0. The molecule has 1 saturated carbocycles. The van der Waals surface area contributed by atoms with Gasteiger partial charge < -0.3 is 9.47 Å². The number of fused-ring (bicyclic) bond motifs is 1. The standard InChI is InChI=1S/C16H24N2O3/c1-5-18-12(9-10(2)17-18)15(19)21-14-11-7-6-8-20-13(11)16(14,3)4/h9,11,13-14H,5-8H2,1-4H3/t11-,13-,14+/m0/s1. The summed E-state index contributed by atoms with van der Waals surface area (Å²) < 4.78 is 13.4.